The molecule has 5 heteroatoms. The summed E-state index contributed by atoms with van der Waals surface area (Å²) >= 11 is 0. The van der Waals surface area contributed by atoms with Gasteiger partial charge in [0.05, 0.1) is 0 Å². The van der Waals surface area contributed by atoms with E-state index in [2.05, 4.69) is 55.3 Å². The second-order valence-electron chi connectivity index (χ2n) is 5.80. The maximum Gasteiger partial charge on any atom is 0.148 e. The van der Waals surface area contributed by atoms with E-state index in [0.29, 0.717) is 17.8 Å². The van der Waals surface area contributed by atoms with Gasteiger partial charge in [-0.25, -0.2) is 15.8 Å². The van der Waals surface area contributed by atoms with Crippen molar-refractivity contribution in [3.63, 3.8) is 0 Å². The molecule has 108 valence electrons. The zero-order chi connectivity index (χ0) is 14.4. The molecule has 0 amide bonds. The zero-order valence-electron chi connectivity index (χ0n) is 12.7. The van der Waals surface area contributed by atoms with E-state index < -0.39 is 0 Å². The minimum Gasteiger partial charge on any atom is -0.367 e. The highest BCUT2D eigenvalue weighted by atomic mass is 15.3. The van der Waals surface area contributed by atoms with Gasteiger partial charge in [0.1, 0.15) is 18.0 Å². The lowest BCUT2D eigenvalue weighted by molar-refractivity contribution is 0.526. The van der Waals surface area contributed by atoms with Crippen LogP contribution in [0.4, 0.5) is 11.6 Å². The summed E-state index contributed by atoms with van der Waals surface area (Å²) in [7, 11) is 0. The van der Waals surface area contributed by atoms with Crippen LogP contribution in [0, 0.1) is 5.92 Å². The first-order valence-corrected chi connectivity index (χ1v) is 7.03. The molecule has 1 aromatic heterocycles. The van der Waals surface area contributed by atoms with Crippen molar-refractivity contribution < 1.29 is 0 Å². The summed E-state index contributed by atoms with van der Waals surface area (Å²) in [5, 5.41) is 3.48. The van der Waals surface area contributed by atoms with Crippen molar-refractivity contribution >= 4 is 11.6 Å². The van der Waals surface area contributed by atoms with E-state index in [0.717, 1.165) is 23.7 Å². The smallest absolute Gasteiger partial charge is 0.148 e. The molecule has 0 aliphatic heterocycles. The van der Waals surface area contributed by atoms with Crippen LogP contribution in [-0.2, 0) is 0 Å². The van der Waals surface area contributed by atoms with Gasteiger partial charge in [-0.05, 0) is 31.6 Å². The van der Waals surface area contributed by atoms with Crippen LogP contribution in [0.5, 0.6) is 0 Å². The van der Waals surface area contributed by atoms with Gasteiger partial charge in [-0.2, -0.15) is 0 Å². The number of hydrogen-bond donors (Lipinski definition) is 3. The molecule has 5 nitrogen and oxygen atoms in total. The van der Waals surface area contributed by atoms with Crippen molar-refractivity contribution in [2.45, 2.75) is 59.4 Å². The number of nitrogen functional groups attached to an aromatic ring is 1. The van der Waals surface area contributed by atoms with E-state index in [1.54, 1.807) is 6.33 Å². The van der Waals surface area contributed by atoms with Crippen LogP contribution in [0.3, 0.4) is 0 Å². The molecule has 0 aliphatic rings. The lowest BCUT2D eigenvalue weighted by Crippen LogP contribution is -2.20. The molecule has 1 aromatic rings. The van der Waals surface area contributed by atoms with Gasteiger partial charge >= 0.3 is 0 Å². The summed E-state index contributed by atoms with van der Waals surface area (Å²) < 4.78 is 0. The van der Waals surface area contributed by atoms with Crippen molar-refractivity contribution in [1.29, 1.82) is 0 Å². The minimum atomic E-state index is 0.312. The van der Waals surface area contributed by atoms with Crippen LogP contribution in [0.25, 0.3) is 0 Å². The Kier molecular flexibility index (Phi) is 6.02. The quantitative estimate of drug-likeness (QED) is 0.521. The van der Waals surface area contributed by atoms with Crippen LogP contribution in [0.1, 0.15) is 58.9 Å². The van der Waals surface area contributed by atoms with Gasteiger partial charge in [0.25, 0.3) is 0 Å². The third kappa shape index (κ3) is 4.67. The van der Waals surface area contributed by atoms with Crippen LogP contribution >= 0.6 is 0 Å². The van der Waals surface area contributed by atoms with Crippen molar-refractivity contribution in [2.24, 2.45) is 11.8 Å². The summed E-state index contributed by atoms with van der Waals surface area (Å²) in [4.78, 5) is 8.53. The van der Waals surface area contributed by atoms with E-state index in [1.165, 1.54) is 6.42 Å². The first-order valence-electron chi connectivity index (χ1n) is 7.03. The van der Waals surface area contributed by atoms with Gasteiger partial charge in [-0.3, -0.25) is 0 Å². The van der Waals surface area contributed by atoms with E-state index in [9.17, 15) is 0 Å². The van der Waals surface area contributed by atoms with E-state index in [-0.39, 0.29) is 0 Å². The lowest BCUT2D eigenvalue weighted by atomic mass is 10.0. The second-order valence-corrected chi connectivity index (χ2v) is 5.80. The molecule has 0 bridgehead atoms. The lowest BCUT2D eigenvalue weighted by Gasteiger charge is -2.20. The van der Waals surface area contributed by atoms with Crippen LogP contribution in [-0.4, -0.2) is 16.0 Å². The third-order valence-electron chi connectivity index (χ3n) is 3.16. The van der Waals surface area contributed by atoms with Crippen molar-refractivity contribution in [3.8, 4) is 0 Å². The Morgan fingerprint density at radius 3 is 2.21 bits per heavy atom. The fourth-order valence-electron chi connectivity index (χ4n) is 2.06. The van der Waals surface area contributed by atoms with Crippen LogP contribution in [0.15, 0.2) is 6.33 Å². The molecule has 4 N–H and O–H groups in total. The first kappa shape index (κ1) is 15.7. The fraction of sp³-hybridized carbons (Fsp3) is 0.714. The number of nitrogens with one attached hydrogen (secondary N) is 2. The Labute approximate surface area is 116 Å². The van der Waals surface area contributed by atoms with Crippen LogP contribution < -0.4 is 16.6 Å². The molecule has 1 rings (SSSR count). The molecule has 0 aliphatic carbocycles. The number of hydrazine groups is 1. The Morgan fingerprint density at radius 2 is 1.68 bits per heavy atom. The molecule has 1 heterocycles. The molecule has 0 saturated heterocycles. The number of rotatable bonds is 7. The van der Waals surface area contributed by atoms with Gasteiger partial charge in [0.15, 0.2) is 0 Å². The van der Waals surface area contributed by atoms with E-state index in [4.69, 9.17) is 5.84 Å². The van der Waals surface area contributed by atoms with Crippen molar-refractivity contribution in [3.05, 3.63) is 11.9 Å². The Balaban J connectivity index is 2.82. The molecule has 0 radical (unpaired) electrons. The minimum absolute atomic E-state index is 0.312. The average Bonchev–Trinajstić information content (AvgIpc) is 2.35. The molecule has 0 aromatic carbocycles. The third-order valence-corrected chi connectivity index (χ3v) is 3.16. The number of anilines is 2. The summed E-state index contributed by atoms with van der Waals surface area (Å²) in [5.74, 6) is 8.13. The Bertz CT molecular complexity index is 389. The molecular weight excluding hydrogens is 238 g/mol. The number of hydrogen-bond acceptors (Lipinski definition) is 5. The topological polar surface area (TPSA) is 75.9 Å². The predicted octanol–water partition coefficient (Wildman–Crippen LogP) is 3.12. The Morgan fingerprint density at radius 1 is 1.05 bits per heavy atom. The fourth-order valence-corrected chi connectivity index (χ4v) is 2.06. The molecular formula is C14H27N5. The van der Waals surface area contributed by atoms with Gasteiger partial charge in [-0.15, -0.1) is 0 Å². The Hall–Kier alpha value is -1.36. The van der Waals surface area contributed by atoms with Crippen molar-refractivity contribution in [2.75, 3.05) is 10.7 Å². The highest BCUT2D eigenvalue weighted by Crippen LogP contribution is 2.28. The monoisotopic (exact) mass is 265 g/mol. The average molecular weight is 265 g/mol. The summed E-state index contributed by atoms with van der Waals surface area (Å²) in [6.45, 7) is 10.9. The van der Waals surface area contributed by atoms with E-state index >= 15 is 0 Å². The van der Waals surface area contributed by atoms with Gasteiger partial charge in [0, 0.05) is 11.6 Å². The van der Waals surface area contributed by atoms with Gasteiger partial charge in [0.2, 0.25) is 0 Å². The zero-order valence-corrected chi connectivity index (χ0v) is 12.7. The largest absolute Gasteiger partial charge is 0.367 e. The summed E-state index contributed by atoms with van der Waals surface area (Å²) in [6.07, 6.45) is 3.88. The normalized spacial score (nSPS) is 12.8. The number of nitrogens with two attached hydrogens (primary N) is 1. The van der Waals surface area contributed by atoms with Gasteiger partial charge in [-0.1, -0.05) is 27.7 Å². The second kappa shape index (κ2) is 7.28. The van der Waals surface area contributed by atoms with E-state index in [1.807, 2.05) is 0 Å². The maximum atomic E-state index is 5.52. The number of nitrogens with zero attached hydrogens (tertiary/aromatic N) is 2. The standard InChI is InChI=1S/C14H27N5/c1-9(2)6-7-11(5)18-13-12(10(3)4)14(19-15)17-8-16-13/h8-11H,6-7,15H2,1-5H3,(H2,16,17,18,19). The highest BCUT2D eigenvalue weighted by Gasteiger charge is 2.15. The van der Waals surface area contributed by atoms with Crippen molar-refractivity contribution in [1.82, 2.24) is 9.97 Å². The molecule has 1 unspecified atom stereocenters. The van der Waals surface area contributed by atoms with Crippen LogP contribution in [0.2, 0.25) is 0 Å². The summed E-state index contributed by atoms with van der Waals surface area (Å²) in [5.41, 5.74) is 3.69. The first-order chi connectivity index (χ1) is 8.95. The number of aromatic nitrogens is 2. The molecule has 19 heavy (non-hydrogen) atoms. The highest BCUT2D eigenvalue weighted by molar-refractivity contribution is 5.58. The molecule has 0 fully saturated rings. The molecule has 0 spiro atoms. The maximum absolute atomic E-state index is 5.52. The molecule has 0 saturated carbocycles. The summed E-state index contributed by atoms with van der Waals surface area (Å²) in [6, 6.07) is 0.389. The molecule has 1 atom stereocenters. The van der Waals surface area contributed by atoms with Gasteiger partial charge < -0.3 is 10.7 Å². The SMILES string of the molecule is CC(C)CCC(C)Nc1ncnc(NN)c1C(C)C. The predicted molar refractivity (Wildman–Crippen MR) is 81.1 cm³/mol.